The maximum Gasteiger partial charge on any atom is 0.265 e. The van der Waals surface area contributed by atoms with Crippen molar-refractivity contribution in [2.45, 2.75) is 6.54 Å². The van der Waals surface area contributed by atoms with Crippen LogP contribution in [-0.2, 0) is 6.54 Å². The molecular weight excluding hydrogens is 426 g/mol. The first-order chi connectivity index (χ1) is 15.6. The number of carbonyl (C=O) groups is 3. The van der Waals surface area contributed by atoms with Crippen molar-refractivity contribution in [3.8, 4) is 0 Å². The summed E-state index contributed by atoms with van der Waals surface area (Å²) in [6.45, 7) is 0.236. The van der Waals surface area contributed by atoms with E-state index in [2.05, 4.69) is 16.0 Å². The van der Waals surface area contributed by atoms with E-state index in [1.54, 1.807) is 72.8 Å². The van der Waals surface area contributed by atoms with Crippen LogP contribution in [0.5, 0.6) is 0 Å². The molecule has 2 aromatic carbocycles. The number of rotatable bonds is 7. The van der Waals surface area contributed by atoms with Gasteiger partial charge in [-0.2, -0.15) is 0 Å². The number of benzene rings is 2. The summed E-state index contributed by atoms with van der Waals surface area (Å²) in [5.74, 6) is -0.352. The molecule has 0 saturated carbocycles. The maximum atomic E-state index is 12.8. The lowest BCUT2D eigenvalue weighted by Crippen LogP contribution is -2.24. The zero-order valence-corrected chi connectivity index (χ0v) is 17.6. The lowest BCUT2D eigenvalue weighted by Gasteiger charge is -2.12. The molecule has 4 rings (SSSR count). The van der Waals surface area contributed by atoms with Crippen molar-refractivity contribution >= 4 is 40.4 Å². The molecule has 0 unspecified atom stereocenters. The molecule has 0 atom stereocenters. The lowest BCUT2D eigenvalue weighted by atomic mass is 10.1. The number of hydrogen-bond acceptors (Lipinski definition) is 5. The quantitative estimate of drug-likeness (QED) is 0.381. The standard InChI is InChI=1S/C24H19N3O4S/c28-22(16-6-3-7-17(14-16)26-24(30)21-11-5-13-32-21)27-20-10-2-1-9-19(20)23(29)25-15-18-8-4-12-31-18/h1-14H,15H2,(H,25,29)(H,26,30)(H,27,28). The van der Waals surface area contributed by atoms with Gasteiger partial charge in [-0.25, -0.2) is 0 Å². The van der Waals surface area contributed by atoms with Gasteiger partial charge < -0.3 is 20.4 Å². The predicted molar refractivity (Wildman–Crippen MR) is 123 cm³/mol. The van der Waals surface area contributed by atoms with Gasteiger partial charge >= 0.3 is 0 Å². The molecule has 2 heterocycles. The highest BCUT2D eigenvalue weighted by molar-refractivity contribution is 7.12. The van der Waals surface area contributed by atoms with Crippen molar-refractivity contribution in [1.29, 1.82) is 0 Å². The number of nitrogens with one attached hydrogen (secondary N) is 3. The smallest absolute Gasteiger partial charge is 0.265 e. The van der Waals surface area contributed by atoms with Crippen LogP contribution in [0.25, 0.3) is 0 Å². The fourth-order valence-corrected chi connectivity index (χ4v) is 3.62. The summed E-state index contributed by atoms with van der Waals surface area (Å²) < 4.78 is 5.22. The summed E-state index contributed by atoms with van der Waals surface area (Å²) >= 11 is 1.33. The van der Waals surface area contributed by atoms with Crippen molar-refractivity contribution in [3.05, 3.63) is 106 Å². The van der Waals surface area contributed by atoms with Crippen molar-refractivity contribution in [2.24, 2.45) is 0 Å². The molecule has 0 aliphatic heterocycles. The van der Waals surface area contributed by atoms with Crippen LogP contribution in [0.15, 0.2) is 88.9 Å². The van der Waals surface area contributed by atoms with Gasteiger partial charge in [-0.1, -0.05) is 24.3 Å². The molecular formula is C24H19N3O4S. The highest BCUT2D eigenvalue weighted by Crippen LogP contribution is 2.19. The summed E-state index contributed by atoms with van der Waals surface area (Å²) in [5.41, 5.74) is 1.55. The third kappa shape index (κ3) is 5.11. The molecule has 3 N–H and O–H groups in total. The van der Waals surface area contributed by atoms with Gasteiger partial charge in [0.15, 0.2) is 0 Å². The Morgan fingerprint density at radius 1 is 0.812 bits per heavy atom. The number of anilines is 2. The van der Waals surface area contributed by atoms with E-state index < -0.39 is 5.91 Å². The minimum Gasteiger partial charge on any atom is -0.467 e. The second-order valence-corrected chi connectivity index (χ2v) is 7.72. The van der Waals surface area contributed by atoms with E-state index in [0.29, 0.717) is 33.1 Å². The molecule has 0 spiro atoms. The number of carbonyl (C=O) groups excluding carboxylic acids is 3. The Morgan fingerprint density at radius 2 is 1.69 bits per heavy atom. The van der Waals surface area contributed by atoms with Gasteiger partial charge in [-0.3, -0.25) is 14.4 Å². The van der Waals surface area contributed by atoms with Crippen LogP contribution in [0.1, 0.15) is 36.1 Å². The largest absolute Gasteiger partial charge is 0.467 e. The van der Waals surface area contributed by atoms with Crippen LogP contribution in [-0.4, -0.2) is 17.7 Å². The first-order valence-electron chi connectivity index (χ1n) is 9.76. The summed E-state index contributed by atoms with van der Waals surface area (Å²) in [6, 6.07) is 20.4. The van der Waals surface area contributed by atoms with E-state index in [1.807, 2.05) is 5.38 Å². The fraction of sp³-hybridized carbons (Fsp3) is 0.0417. The monoisotopic (exact) mass is 445 g/mol. The number of thiophene rings is 1. The zero-order valence-electron chi connectivity index (χ0n) is 16.8. The first kappa shape index (κ1) is 21.1. The normalized spacial score (nSPS) is 10.4. The highest BCUT2D eigenvalue weighted by Gasteiger charge is 2.15. The van der Waals surface area contributed by atoms with Gasteiger partial charge in [0, 0.05) is 11.3 Å². The zero-order chi connectivity index (χ0) is 22.3. The van der Waals surface area contributed by atoms with Crippen molar-refractivity contribution in [1.82, 2.24) is 5.32 Å². The summed E-state index contributed by atoms with van der Waals surface area (Å²) in [7, 11) is 0. The van der Waals surface area contributed by atoms with Gasteiger partial charge in [-0.15, -0.1) is 11.3 Å². The van der Waals surface area contributed by atoms with Gasteiger partial charge in [0.05, 0.1) is 28.9 Å². The fourth-order valence-electron chi connectivity index (χ4n) is 3.00. The molecule has 3 amide bonds. The Hall–Kier alpha value is -4.17. The first-order valence-corrected chi connectivity index (χ1v) is 10.6. The SMILES string of the molecule is O=C(Nc1ccccc1C(=O)NCc1ccco1)c1cccc(NC(=O)c2cccs2)c1. The van der Waals surface area contributed by atoms with E-state index in [1.165, 1.54) is 17.6 Å². The average Bonchev–Trinajstić information content (AvgIpc) is 3.52. The average molecular weight is 446 g/mol. The highest BCUT2D eigenvalue weighted by atomic mass is 32.1. The second-order valence-electron chi connectivity index (χ2n) is 6.77. The van der Waals surface area contributed by atoms with E-state index in [4.69, 9.17) is 4.42 Å². The molecule has 0 saturated heterocycles. The number of para-hydroxylation sites is 1. The van der Waals surface area contributed by atoms with Crippen molar-refractivity contribution in [3.63, 3.8) is 0 Å². The molecule has 0 fully saturated rings. The van der Waals surface area contributed by atoms with Crippen LogP contribution in [0, 0.1) is 0 Å². The molecule has 0 aliphatic rings. The Balaban J connectivity index is 1.45. The molecule has 7 nitrogen and oxygen atoms in total. The van der Waals surface area contributed by atoms with E-state index in [0.717, 1.165) is 0 Å². The molecule has 8 heteroatoms. The summed E-state index contributed by atoms with van der Waals surface area (Å²) in [6.07, 6.45) is 1.53. The van der Waals surface area contributed by atoms with Crippen LogP contribution in [0.3, 0.4) is 0 Å². The van der Waals surface area contributed by atoms with Crippen LogP contribution >= 0.6 is 11.3 Å². The van der Waals surface area contributed by atoms with Crippen LogP contribution < -0.4 is 16.0 Å². The molecule has 4 aromatic rings. The second kappa shape index (κ2) is 9.76. The minimum absolute atomic E-state index is 0.236. The van der Waals surface area contributed by atoms with E-state index in [-0.39, 0.29) is 18.4 Å². The summed E-state index contributed by atoms with van der Waals surface area (Å²) in [4.78, 5) is 38.3. The Morgan fingerprint density at radius 3 is 2.47 bits per heavy atom. The van der Waals surface area contributed by atoms with Crippen LogP contribution in [0.2, 0.25) is 0 Å². The lowest BCUT2D eigenvalue weighted by molar-refractivity contribution is 0.0948. The molecule has 2 aromatic heterocycles. The maximum absolute atomic E-state index is 12.8. The third-order valence-corrected chi connectivity index (χ3v) is 5.42. The molecule has 160 valence electrons. The van der Waals surface area contributed by atoms with Gasteiger partial charge in [0.1, 0.15) is 5.76 Å². The van der Waals surface area contributed by atoms with Crippen molar-refractivity contribution in [2.75, 3.05) is 10.6 Å². The predicted octanol–water partition coefficient (Wildman–Crippen LogP) is 4.78. The molecule has 0 radical (unpaired) electrons. The number of amides is 3. The third-order valence-electron chi connectivity index (χ3n) is 4.55. The van der Waals surface area contributed by atoms with Gasteiger partial charge in [0.25, 0.3) is 17.7 Å². The van der Waals surface area contributed by atoms with Crippen molar-refractivity contribution < 1.29 is 18.8 Å². The molecule has 0 bridgehead atoms. The molecule has 32 heavy (non-hydrogen) atoms. The summed E-state index contributed by atoms with van der Waals surface area (Å²) in [5, 5.41) is 10.1. The van der Waals surface area contributed by atoms with Gasteiger partial charge in [-0.05, 0) is 53.9 Å². The van der Waals surface area contributed by atoms with E-state index in [9.17, 15) is 14.4 Å². The van der Waals surface area contributed by atoms with E-state index >= 15 is 0 Å². The van der Waals surface area contributed by atoms with Crippen LogP contribution in [0.4, 0.5) is 11.4 Å². The number of hydrogen-bond donors (Lipinski definition) is 3. The Labute approximate surface area is 188 Å². The van der Waals surface area contributed by atoms with Gasteiger partial charge in [0.2, 0.25) is 0 Å². The topological polar surface area (TPSA) is 100 Å². The Kier molecular flexibility index (Phi) is 6.43. The molecule has 0 aliphatic carbocycles. The minimum atomic E-state index is -0.400. The Bertz CT molecular complexity index is 1230. The number of furan rings is 1.